The standard InChI is InChI=1S/C15H19BrN4O/c1-15(2,14(17)20-21)6-7-18-12-5-3-4-10-8-11(16)9-19-13(10)12/h3-5,8-9,18,21H,6-7H2,1-2H3,(H2,17,20). The first kappa shape index (κ1) is 15.6. The van der Waals surface area contributed by atoms with Gasteiger partial charge in [-0.05, 0) is 34.5 Å². The zero-order valence-electron chi connectivity index (χ0n) is 12.1. The predicted octanol–water partition coefficient (Wildman–Crippen LogP) is 3.57. The average Bonchev–Trinajstić information content (AvgIpc) is 2.46. The van der Waals surface area contributed by atoms with Gasteiger partial charge in [-0.1, -0.05) is 31.1 Å². The van der Waals surface area contributed by atoms with E-state index in [0.717, 1.165) is 27.5 Å². The highest BCUT2D eigenvalue weighted by Gasteiger charge is 2.23. The zero-order chi connectivity index (χ0) is 15.5. The smallest absolute Gasteiger partial charge is 0.144 e. The van der Waals surface area contributed by atoms with E-state index in [0.29, 0.717) is 6.54 Å². The minimum Gasteiger partial charge on any atom is -0.409 e. The molecule has 0 aliphatic rings. The molecule has 0 aliphatic heterocycles. The van der Waals surface area contributed by atoms with E-state index in [-0.39, 0.29) is 11.3 Å². The Bertz CT molecular complexity index is 670. The molecule has 0 saturated heterocycles. The van der Waals surface area contributed by atoms with Crippen molar-refractivity contribution in [2.45, 2.75) is 20.3 Å². The SMILES string of the molecule is CC(C)(CCNc1cccc2cc(Br)cnc12)/C(N)=N/O. The molecule has 0 fully saturated rings. The predicted molar refractivity (Wildman–Crippen MR) is 89.7 cm³/mol. The molecule has 0 unspecified atom stereocenters. The maximum absolute atomic E-state index is 8.78. The van der Waals surface area contributed by atoms with Gasteiger partial charge in [0.05, 0.1) is 11.2 Å². The van der Waals surface area contributed by atoms with Crippen molar-refractivity contribution in [2.75, 3.05) is 11.9 Å². The van der Waals surface area contributed by atoms with Crippen molar-refractivity contribution in [3.05, 3.63) is 34.9 Å². The summed E-state index contributed by atoms with van der Waals surface area (Å²) in [6, 6.07) is 8.06. The number of benzene rings is 1. The third kappa shape index (κ3) is 3.64. The number of pyridine rings is 1. The largest absolute Gasteiger partial charge is 0.409 e. The molecule has 1 aromatic heterocycles. The summed E-state index contributed by atoms with van der Waals surface area (Å²) < 4.78 is 0.959. The van der Waals surface area contributed by atoms with Gasteiger partial charge in [0.2, 0.25) is 0 Å². The molecule has 4 N–H and O–H groups in total. The molecule has 112 valence electrons. The Kier molecular flexibility index (Phi) is 4.67. The van der Waals surface area contributed by atoms with Gasteiger partial charge in [-0.15, -0.1) is 0 Å². The highest BCUT2D eigenvalue weighted by atomic mass is 79.9. The van der Waals surface area contributed by atoms with Crippen LogP contribution in [0.3, 0.4) is 0 Å². The van der Waals surface area contributed by atoms with Gasteiger partial charge in [-0.3, -0.25) is 4.98 Å². The number of nitrogens with one attached hydrogen (secondary N) is 1. The fourth-order valence-corrected chi connectivity index (χ4v) is 2.40. The number of para-hydroxylation sites is 1. The molecule has 0 atom stereocenters. The van der Waals surface area contributed by atoms with Crippen LogP contribution in [0.25, 0.3) is 10.9 Å². The summed E-state index contributed by atoms with van der Waals surface area (Å²) in [6.45, 7) is 4.60. The minimum atomic E-state index is -0.358. The van der Waals surface area contributed by atoms with E-state index in [2.05, 4.69) is 31.4 Å². The third-order valence-corrected chi connectivity index (χ3v) is 3.98. The highest BCUT2D eigenvalue weighted by molar-refractivity contribution is 9.10. The van der Waals surface area contributed by atoms with Crippen molar-refractivity contribution in [3.63, 3.8) is 0 Å². The molecule has 6 heteroatoms. The minimum absolute atomic E-state index is 0.240. The number of halogens is 1. The summed E-state index contributed by atoms with van der Waals surface area (Å²) in [5.41, 5.74) is 7.25. The number of nitrogens with two attached hydrogens (primary N) is 1. The fourth-order valence-electron chi connectivity index (χ4n) is 2.05. The summed E-state index contributed by atoms with van der Waals surface area (Å²) in [7, 11) is 0. The molecule has 2 rings (SSSR count). The quantitative estimate of drug-likeness (QED) is 0.333. The zero-order valence-corrected chi connectivity index (χ0v) is 13.7. The second-order valence-electron chi connectivity index (χ2n) is 5.58. The summed E-state index contributed by atoms with van der Waals surface area (Å²) in [6.07, 6.45) is 2.53. The maximum atomic E-state index is 8.78. The average molecular weight is 351 g/mol. The summed E-state index contributed by atoms with van der Waals surface area (Å²) >= 11 is 3.43. The van der Waals surface area contributed by atoms with Gasteiger partial charge in [0.25, 0.3) is 0 Å². The van der Waals surface area contributed by atoms with Gasteiger partial charge in [0, 0.05) is 28.0 Å². The number of hydrogen-bond donors (Lipinski definition) is 3. The number of oxime groups is 1. The molecule has 0 aliphatic carbocycles. The molecule has 2 aromatic rings. The second kappa shape index (κ2) is 6.30. The van der Waals surface area contributed by atoms with Crippen LogP contribution in [0.4, 0.5) is 5.69 Å². The first-order valence-electron chi connectivity index (χ1n) is 6.70. The second-order valence-corrected chi connectivity index (χ2v) is 6.49. The Morgan fingerprint density at radius 2 is 2.24 bits per heavy atom. The van der Waals surface area contributed by atoms with Gasteiger partial charge in [-0.2, -0.15) is 0 Å². The van der Waals surface area contributed by atoms with E-state index in [9.17, 15) is 0 Å². The van der Waals surface area contributed by atoms with E-state index >= 15 is 0 Å². The normalized spacial score (nSPS) is 12.6. The molecule has 1 aromatic carbocycles. The number of anilines is 1. The Morgan fingerprint density at radius 3 is 2.95 bits per heavy atom. The van der Waals surface area contributed by atoms with Gasteiger partial charge < -0.3 is 16.3 Å². The number of rotatable bonds is 5. The van der Waals surface area contributed by atoms with Crippen LogP contribution < -0.4 is 11.1 Å². The number of aromatic nitrogens is 1. The molecule has 1 heterocycles. The Labute approximate surface area is 132 Å². The molecule has 0 bridgehead atoms. The van der Waals surface area contributed by atoms with Crippen molar-refractivity contribution >= 4 is 38.4 Å². The van der Waals surface area contributed by atoms with Gasteiger partial charge in [-0.25, -0.2) is 0 Å². The van der Waals surface area contributed by atoms with Crippen LogP contribution in [0.2, 0.25) is 0 Å². The van der Waals surface area contributed by atoms with Crippen LogP contribution in [0.1, 0.15) is 20.3 Å². The monoisotopic (exact) mass is 350 g/mol. The van der Waals surface area contributed by atoms with Crippen LogP contribution in [0.5, 0.6) is 0 Å². The topological polar surface area (TPSA) is 83.5 Å². The Morgan fingerprint density at radius 1 is 1.48 bits per heavy atom. The first-order valence-corrected chi connectivity index (χ1v) is 7.49. The van der Waals surface area contributed by atoms with Crippen molar-refractivity contribution in [1.29, 1.82) is 0 Å². The van der Waals surface area contributed by atoms with Crippen molar-refractivity contribution < 1.29 is 5.21 Å². The van der Waals surface area contributed by atoms with Gasteiger partial charge in [0.15, 0.2) is 0 Å². The summed E-state index contributed by atoms with van der Waals surface area (Å²) in [5.74, 6) is 0.240. The number of amidine groups is 1. The molecule has 0 saturated carbocycles. The first-order chi connectivity index (χ1) is 9.94. The van der Waals surface area contributed by atoms with Crippen molar-refractivity contribution in [1.82, 2.24) is 4.98 Å². The summed E-state index contributed by atoms with van der Waals surface area (Å²) in [4.78, 5) is 4.45. The molecular weight excluding hydrogens is 332 g/mol. The van der Waals surface area contributed by atoms with E-state index in [1.807, 2.05) is 38.1 Å². The van der Waals surface area contributed by atoms with Crippen LogP contribution >= 0.6 is 15.9 Å². The lowest BCUT2D eigenvalue weighted by molar-refractivity contribution is 0.306. The van der Waals surface area contributed by atoms with Crippen LogP contribution in [0.15, 0.2) is 40.1 Å². The molecule has 5 nitrogen and oxygen atoms in total. The number of nitrogens with zero attached hydrogens (tertiary/aromatic N) is 2. The number of fused-ring (bicyclic) bond motifs is 1. The van der Waals surface area contributed by atoms with E-state index in [1.54, 1.807) is 6.20 Å². The number of hydrogen-bond acceptors (Lipinski definition) is 4. The van der Waals surface area contributed by atoms with Crippen molar-refractivity contribution in [2.24, 2.45) is 16.3 Å². The van der Waals surface area contributed by atoms with Crippen molar-refractivity contribution in [3.8, 4) is 0 Å². The maximum Gasteiger partial charge on any atom is 0.144 e. The van der Waals surface area contributed by atoms with Crippen LogP contribution in [0, 0.1) is 5.41 Å². The molecule has 21 heavy (non-hydrogen) atoms. The van der Waals surface area contributed by atoms with E-state index in [1.165, 1.54) is 0 Å². The molecule has 0 spiro atoms. The lowest BCUT2D eigenvalue weighted by atomic mass is 9.88. The van der Waals surface area contributed by atoms with E-state index in [4.69, 9.17) is 10.9 Å². The van der Waals surface area contributed by atoms with Crippen LogP contribution in [-0.4, -0.2) is 22.6 Å². The summed E-state index contributed by atoms with van der Waals surface area (Å²) in [5, 5.41) is 16.3. The van der Waals surface area contributed by atoms with Crippen LogP contribution in [-0.2, 0) is 0 Å². The van der Waals surface area contributed by atoms with E-state index < -0.39 is 0 Å². The lowest BCUT2D eigenvalue weighted by Gasteiger charge is -2.23. The van der Waals surface area contributed by atoms with Gasteiger partial charge >= 0.3 is 0 Å². The lowest BCUT2D eigenvalue weighted by Crippen LogP contribution is -2.33. The fraction of sp³-hybridized carbons (Fsp3) is 0.333. The third-order valence-electron chi connectivity index (χ3n) is 3.54. The molecular formula is C15H19BrN4O. The molecule has 0 amide bonds. The highest BCUT2D eigenvalue weighted by Crippen LogP contribution is 2.25. The molecule has 0 radical (unpaired) electrons. The van der Waals surface area contributed by atoms with Gasteiger partial charge in [0.1, 0.15) is 5.84 Å². The Hall–Kier alpha value is -1.82. The Balaban J connectivity index is 2.11.